The molecule has 4 rings (SSSR count). The number of fused-ring (bicyclic) bond motifs is 1. The van der Waals surface area contributed by atoms with Gasteiger partial charge >= 0.3 is 0 Å². The van der Waals surface area contributed by atoms with Crippen molar-refractivity contribution in [2.24, 2.45) is 5.92 Å². The Morgan fingerprint density at radius 3 is 2.52 bits per heavy atom. The highest BCUT2D eigenvalue weighted by Gasteiger charge is 2.32. The van der Waals surface area contributed by atoms with Crippen LogP contribution in [-0.2, 0) is 6.54 Å². The summed E-state index contributed by atoms with van der Waals surface area (Å²) in [5, 5.41) is 1.05. The number of rotatable bonds is 7. The van der Waals surface area contributed by atoms with Gasteiger partial charge in [0, 0.05) is 28.6 Å². The van der Waals surface area contributed by atoms with Gasteiger partial charge in [-0.3, -0.25) is 4.79 Å². The molecule has 4 nitrogen and oxygen atoms in total. The monoisotopic (exact) mass is 335 g/mol. The molecule has 1 aliphatic rings. The smallest absolute Gasteiger partial charge is 0.168 e. The number of hydrogen-bond acceptors (Lipinski definition) is 3. The van der Waals surface area contributed by atoms with Crippen molar-refractivity contribution in [1.29, 1.82) is 0 Å². The molecule has 1 heterocycles. The van der Waals surface area contributed by atoms with E-state index in [4.69, 9.17) is 9.47 Å². The van der Waals surface area contributed by atoms with Gasteiger partial charge in [-0.25, -0.2) is 0 Å². The minimum absolute atomic E-state index is 0.231. The Morgan fingerprint density at radius 2 is 1.80 bits per heavy atom. The maximum absolute atomic E-state index is 12.5. The van der Waals surface area contributed by atoms with Crippen molar-refractivity contribution < 1.29 is 14.3 Å². The van der Waals surface area contributed by atoms with Crippen LogP contribution in [0.1, 0.15) is 23.2 Å². The number of carbonyl (C=O) groups excluding carboxylic acids is 1. The number of nitrogens with zero attached hydrogens (tertiary/aromatic N) is 1. The number of carbonyl (C=O) groups is 1. The molecule has 1 aromatic heterocycles. The molecule has 0 radical (unpaired) electrons. The largest absolute Gasteiger partial charge is 0.497 e. The van der Waals surface area contributed by atoms with E-state index in [0.717, 1.165) is 40.8 Å². The van der Waals surface area contributed by atoms with E-state index in [2.05, 4.69) is 10.6 Å². The summed E-state index contributed by atoms with van der Waals surface area (Å²) in [6.07, 6.45) is 4.04. The van der Waals surface area contributed by atoms with E-state index in [1.165, 1.54) is 0 Å². The molecular weight excluding hydrogens is 314 g/mol. The second kappa shape index (κ2) is 6.63. The molecule has 0 aliphatic heterocycles. The second-order valence-corrected chi connectivity index (χ2v) is 6.42. The van der Waals surface area contributed by atoms with Gasteiger partial charge < -0.3 is 14.0 Å². The lowest BCUT2D eigenvalue weighted by Crippen LogP contribution is -2.07. The van der Waals surface area contributed by atoms with Crippen molar-refractivity contribution in [3.63, 3.8) is 0 Å². The van der Waals surface area contributed by atoms with Crippen molar-refractivity contribution in [1.82, 2.24) is 4.57 Å². The molecule has 128 valence electrons. The fraction of sp³-hybridized carbons (Fsp3) is 0.286. The Morgan fingerprint density at radius 1 is 1.08 bits per heavy atom. The van der Waals surface area contributed by atoms with Crippen LogP contribution in [0, 0.1) is 5.92 Å². The summed E-state index contributed by atoms with van der Waals surface area (Å²) < 4.78 is 13.1. The van der Waals surface area contributed by atoms with E-state index in [1.807, 2.05) is 48.7 Å². The van der Waals surface area contributed by atoms with Gasteiger partial charge in [-0.05, 0) is 43.2 Å². The highest BCUT2D eigenvalue weighted by molar-refractivity contribution is 6.09. The van der Waals surface area contributed by atoms with Gasteiger partial charge in [-0.1, -0.05) is 18.2 Å². The number of benzene rings is 2. The number of Topliss-reactive ketones (excluding diaryl/α,β-unsaturated/α-hetero) is 1. The van der Waals surface area contributed by atoms with Crippen molar-refractivity contribution >= 4 is 16.7 Å². The fourth-order valence-corrected chi connectivity index (χ4v) is 3.13. The zero-order valence-electron chi connectivity index (χ0n) is 14.3. The summed E-state index contributed by atoms with van der Waals surface area (Å²) in [4.78, 5) is 12.5. The first-order valence-electron chi connectivity index (χ1n) is 8.65. The third-order valence-electron chi connectivity index (χ3n) is 4.66. The molecule has 0 saturated heterocycles. The zero-order chi connectivity index (χ0) is 17.2. The maximum atomic E-state index is 12.5. The maximum Gasteiger partial charge on any atom is 0.168 e. The normalized spacial score (nSPS) is 13.8. The lowest BCUT2D eigenvalue weighted by molar-refractivity contribution is 0.0969. The molecule has 0 N–H and O–H groups in total. The van der Waals surface area contributed by atoms with Crippen molar-refractivity contribution in [2.75, 3.05) is 13.7 Å². The van der Waals surface area contributed by atoms with Crippen LogP contribution in [0.2, 0.25) is 0 Å². The van der Waals surface area contributed by atoms with Gasteiger partial charge in [0.15, 0.2) is 5.78 Å². The van der Waals surface area contributed by atoms with Crippen molar-refractivity contribution in [3.8, 4) is 11.5 Å². The van der Waals surface area contributed by atoms with Gasteiger partial charge in [0.2, 0.25) is 0 Å². The minimum atomic E-state index is 0.231. The summed E-state index contributed by atoms with van der Waals surface area (Å²) in [7, 11) is 1.65. The summed E-state index contributed by atoms with van der Waals surface area (Å²) >= 11 is 0. The van der Waals surface area contributed by atoms with E-state index < -0.39 is 0 Å². The van der Waals surface area contributed by atoms with Gasteiger partial charge in [0.25, 0.3) is 0 Å². The van der Waals surface area contributed by atoms with E-state index in [9.17, 15) is 4.79 Å². The molecule has 3 aromatic rings. The average Bonchev–Trinajstić information content (AvgIpc) is 3.44. The van der Waals surface area contributed by atoms with E-state index in [0.29, 0.717) is 13.2 Å². The predicted molar refractivity (Wildman–Crippen MR) is 97.5 cm³/mol. The number of methoxy groups -OCH3 is 1. The first-order valence-corrected chi connectivity index (χ1v) is 8.65. The molecule has 0 unspecified atom stereocenters. The van der Waals surface area contributed by atoms with Gasteiger partial charge in [0.05, 0.1) is 13.7 Å². The van der Waals surface area contributed by atoms with E-state index >= 15 is 0 Å². The van der Waals surface area contributed by atoms with Crippen LogP contribution in [0.3, 0.4) is 0 Å². The van der Waals surface area contributed by atoms with Gasteiger partial charge in [-0.15, -0.1) is 0 Å². The standard InChI is InChI=1S/C21H21NO3/c1-24-16-8-10-17(11-9-16)25-13-12-22-14-19(21(23)15-6-7-15)18-4-2-3-5-20(18)22/h2-5,8-11,14-15H,6-7,12-13H2,1H3. The Labute approximate surface area is 147 Å². The van der Waals surface area contributed by atoms with Crippen LogP contribution in [0.5, 0.6) is 11.5 Å². The van der Waals surface area contributed by atoms with Crippen molar-refractivity contribution in [3.05, 3.63) is 60.3 Å². The lowest BCUT2D eigenvalue weighted by Gasteiger charge is -2.09. The number of ether oxygens (including phenoxy) is 2. The molecule has 1 saturated carbocycles. The molecule has 0 bridgehead atoms. The number of hydrogen-bond donors (Lipinski definition) is 0. The topological polar surface area (TPSA) is 40.5 Å². The number of ketones is 1. The van der Waals surface area contributed by atoms with Gasteiger partial charge in [0.1, 0.15) is 18.1 Å². The molecule has 0 spiro atoms. The molecule has 2 aromatic carbocycles. The Bertz CT molecular complexity index is 891. The van der Waals surface area contributed by atoms with Crippen LogP contribution < -0.4 is 9.47 Å². The Balaban J connectivity index is 1.50. The first kappa shape index (κ1) is 15.8. The molecule has 1 aliphatic carbocycles. The van der Waals surface area contributed by atoms with Crippen LogP contribution >= 0.6 is 0 Å². The molecule has 4 heteroatoms. The fourth-order valence-electron chi connectivity index (χ4n) is 3.13. The van der Waals surface area contributed by atoms with E-state index in [1.54, 1.807) is 7.11 Å². The van der Waals surface area contributed by atoms with Crippen molar-refractivity contribution in [2.45, 2.75) is 19.4 Å². The van der Waals surface area contributed by atoms with Crippen LogP contribution in [-0.4, -0.2) is 24.1 Å². The predicted octanol–water partition coefficient (Wildman–Crippen LogP) is 4.32. The second-order valence-electron chi connectivity index (χ2n) is 6.42. The SMILES string of the molecule is COc1ccc(OCCn2cc(C(=O)C3CC3)c3ccccc32)cc1. The van der Waals surface area contributed by atoms with Crippen LogP contribution in [0.4, 0.5) is 0 Å². The first-order chi connectivity index (χ1) is 12.3. The quantitative estimate of drug-likeness (QED) is 0.604. The molecule has 0 atom stereocenters. The molecule has 1 fully saturated rings. The van der Waals surface area contributed by atoms with E-state index in [-0.39, 0.29) is 11.7 Å². The average molecular weight is 335 g/mol. The summed E-state index contributed by atoms with van der Waals surface area (Å²) in [5.74, 6) is 2.14. The van der Waals surface area contributed by atoms with Gasteiger partial charge in [-0.2, -0.15) is 0 Å². The minimum Gasteiger partial charge on any atom is -0.497 e. The third kappa shape index (κ3) is 3.25. The highest BCUT2D eigenvalue weighted by Crippen LogP contribution is 2.35. The van der Waals surface area contributed by atoms with Crippen LogP contribution in [0.15, 0.2) is 54.7 Å². The summed E-state index contributed by atoms with van der Waals surface area (Å²) in [5.41, 5.74) is 1.94. The molecule has 25 heavy (non-hydrogen) atoms. The number of aromatic nitrogens is 1. The third-order valence-corrected chi connectivity index (χ3v) is 4.66. The molecular formula is C21H21NO3. The van der Waals surface area contributed by atoms with Crippen LogP contribution in [0.25, 0.3) is 10.9 Å². The highest BCUT2D eigenvalue weighted by atomic mass is 16.5. The Hall–Kier alpha value is -2.75. The summed E-state index contributed by atoms with van der Waals surface area (Å²) in [6.45, 7) is 1.24. The zero-order valence-corrected chi connectivity index (χ0v) is 14.3. The summed E-state index contributed by atoms with van der Waals surface area (Å²) in [6, 6.07) is 15.7. The Kier molecular flexibility index (Phi) is 4.18. The lowest BCUT2D eigenvalue weighted by atomic mass is 10.1. The molecule has 0 amide bonds. The number of para-hydroxylation sites is 1.